The molecule has 0 saturated carbocycles. The highest BCUT2D eigenvalue weighted by atomic mass is 16.5. The second kappa shape index (κ2) is 7.38. The second-order valence-corrected chi connectivity index (χ2v) is 6.38. The lowest BCUT2D eigenvalue weighted by atomic mass is 9.95. The number of likely N-dealkylation sites (tertiary alicyclic amines) is 1. The van der Waals surface area contributed by atoms with E-state index in [2.05, 4.69) is 4.90 Å². The SMILES string of the molecule is CC1CN(C(=O)CN2CCCC(CCN)C2)CC(C)O1. The highest BCUT2D eigenvalue weighted by Crippen LogP contribution is 2.19. The number of piperidine rings is 1. The van der Waals surface area contributed by atoms with E-state index in [0.717, 1.165) is 39.1 Å². The van der Waals surface area contributed by atoms with Crippen LogP contribution in [-0.4, -0.2) is 67.2 Å². The molecule has 0 aromatic rings. The highest BCUT2D eigenvalue weighted by Gasteiger charge is 2.28. The largest absolute Gasteiger partial charge is 0.372 e. The average Bonchev–Trinajstić information content (AvgIpc) is 2.38. The smallest absolute Gasteiger partial charge is 0.236 e. The molecular formula is C15H29N3O2. The molecule has 3 unspecified atom stereocenters. The van der Waals surface area contributed by atoms with E-state index in [1.54, 1.807) is 0 Å². The fourth-order valence-corrected chi connectivity index (χ4v) is 3.44. The van der Waals surface area contributed by atoms with Gasteiger partial charge in [0.1, 0.15) is 0 Å². The Balaban J connectivity index is 1.81. The first kappa shape index (κ1) is 15.7. The van der Waals surface area contributed by atoms with Crippen molar-refractivity contribution in [3.05, 3.63) is 0 Å². The monoisotopic (exact) mass is 283 g/mol. The van der Waals surface area contributed by atoms with E-state index >= 15 is 0 Å². The molecule has 2 aliphatic heterocycles. The van der Waals surface area contributed by atoms with Crippen LogP contribution in [0.1, 0.15) is 33.1 Å². The molecule has 2 fully saturated rings. The molecule has 1 amide bonds. The van der Waals surface area contributed by atoms with Gasteiger partial charge in [0, 0.05) is 19.6 Å². The minimum absolute atomic E-state index is 0.147. The summed E-state index contributed by atoms with van der Waals surface area (Å²) < 4.78 is 5.68. The summed E-state index contributed by atoms with van der Waals surface area (Å²) in [5, 5.41) is 0. The molecule has 0 spiro atoms. The molecule has 0 aromatic carbocycles. The van der Waals surface area contributed by atoms with Crippen molar-refractivity contribution in [2.45, 2.75) is 45.3 Å². The topological polar surface area (TPSA) is 58.8 Å². The molecule has 2 aliphatic rings. The van der Waals surface area contributed by atoms with Gasteiger partial charge in [-0.2, -0.15) is 0 Å². The molecule has 2 heterocycles. The van der Waals surface area contributed by atoms with Crippen molar-refractivity contribution in [3.63, 3.8) is 0 Å². The number of nitrogens with zero attached hydrogens (tertiary/aromatic N) is 2. The normalized spacial score (nSPS) is 32.4. The summed E-state index contributed by atoms with van der Waals surface area (Å²) in [4.78, 5) is 16.7. The molecule has 2 rings (SSSR count). The zero-order valence-corrected chi connectivity index (χ0v) is 12.9. The Kier molecular flexibility index (Phi) is 5.81. The number of morpholine rings is 1. The molecule has 2 saturated heterocycles. The molecule has 0 bridgehead atoms. The van der Waals surface area contributed by atoms with Crippen molar-refractivity contribution in [2.24, 2.45) is 11.7 Å². The van der Waals surface area contributed by atoms with Crippen molar-refractivity contribution in [1.29, 1.82) is 0 Å². The first-order chi connectivity index (χ1) is 9.58. The molecule has 3 atom stereocenters. The Hall–Kier alpha value is -0.650. The van der Waals surface area contributed by atoms with Crippen molar-refractivity contribution in [1.82, 2.24) is 9.80 Å². The summed E-state index contributed by atoms with van der Waals surface area (Å²) in [6.45, 7) is 8.90. The average molecular weight is 283 g/mol. The molecule has 2 N–H and O–H groups in total. The predicted octanol–water partition coefficient (Wildman–Crippen LogP) is 0.683. The van der Waals surface area contributed by atoms with Crippen LogP contribution >= 0.6 is 0 Å². The quantitative estimate of drug-likeness (QED) is 0.824. The lowest BCUT2D eigenvalue weighted by Crippen LogP contribution is -2.52. The highest BCUT2D eigenvalue weighted by molar-refractivity contribution is 5.78. The van der Waals surface area contributed by atoms with Crippen LogP contribution in [0, 0.1) is 5.92 Å². The van der Waals surface area contributed by atoms with Gasteiger partial charge in [-0.05, 0) is 52.1 Å². The Labute approximate surface area is 122 Å². The summed E-state index contributed by atoms with van der Waals surface area (Å²) >= 11 is 0. The lowest BCUT2D eigenvalue weighted by Gasteiger charge is -2.38. The number of hydrogen-bond donors (Lipinski definition) is 1. The van der Waals surface area contributed by atoms with Gasteiger partial charge in [0.2, 0.25) is 5.91 Å². The standard InChI is InChI=1S/C15H29N3O2/c1-12-8-18(9-13(2)20-12)15(19)11-17-7-3-4-14(10-17)5-6-16/h12-14H,3-11,16H2,1-2H3. The zero-order chi connectivity index (χ0) is 14.5. The number of nitrogens with two attached hydrogens (primary N) is 1. The minimum atomic E-state index is 0.147. The molecule has 5 heteroatoms. The number of carbonyl (C=O) groups is 1. The predicted molar refractivity (Wildman–Crippen MR) is 79.4 cm³/mol. The third-order valence-electron chi connectivity index (χ3n) is 4.31. The van der Waals surface area contributed by atoms with E-state index in [-0.39, 0.29) is 18.1 Å². The van der Waals surface area contributed by atoms with Gasteiger partial charge in [-0.1, -0.05) is 0 Å². The van der Waals surface area contributed by atoms with E-state index in [9.17, 15) is 4.79 Å². The van der Waals surface area contributed by atoms with Gasteiger partial charge in [-0.25, -0.2) is 0 Å². The number of carbonyl (C=O) groups excluding carboxylic acids is 1. The van der Waals surface area contributed by atoms with E-state index < -0.39 is 0 Å². The Morgan fingerprint density at radius 2 is 1.95 bits per heavy atom. The second-order valence-electron chi connectivity index (χ2n) is 6.38. The van der Waals surface area contributed by atoms with Crippen LogP contribution in [0.25, 0.3) is 0 Å². The fourth-order valence-electron chi connectivity index (χ4n) is 3.44. The van der Waals surface area contributed by atoms with Gasteiger partial charge < -0.3 is 15.4 Å². The van der Waals surface area contributed by atoms with Gasteiger partial charge in [-0.3, -0.25) is 9.69 Å². The maximum atomic E-state index is 12.4. The molecule has 20 heavy (non-hydrogen) atoms. The molecule has 0 aromatic heterocycles. The summed E-state index contributed by atoms with van der Waals surface area (Å²) in [5.74, 6) is 0.921. The third-order valence-corrected chi connectivity index (χ3v) is 4.31. The van der Waals surface area contributed by atoms with E-state index in [1.807, 2.05) is 18.7 Å². The maximum Gasteiger partial charge on any atom is 0.236 e. The molecule has 5 nitrogen and oxygen atoms in total. The van der Waals surface area contributed by atoms with Crippen LogP contribution in [0.15, 0.2) is 0 Å². The Morgan fingerprint density at radius 3 is 2.60 bits per heavy atom. The van der Waals surface area contributed by atoms with E-state index in [0.29, 0.717) is 12.5 Å². The lowest BCUT2D eigenvalue weighted by molar-refractivity contribution is -0.144. The van der Waals surface area contributed by atoms with Gasteiger partial charge in [0.25, 0.3) is 0 Å². The molecular weight excluding hydrogens is 254 g/mol. The van der Waals surface area contributed by atoms with Gasteiger partial charge in [0.15, 0.2) is 0 Å². The van der Waals surface area contributed by atoms with Gasteiger partial charge in [0.05, 0.1) is 18.8 Å². The summed E-state index contributed by atoms with van der Waals surface area (Å²) in [6.07, 6.45) is 3.82. The van der Waals surface area contributed by atoms with Crippen molar-refractivity contribution < 1.29 is 9.53 Å². The van der Waals surface area contributed by atoms with Crippen LogP contribution in [0.4, 0.5) is 0 Å². The minimum Gasteiger partial charge on any atom is -0.372 e. The fraction of sp³-hybridized carbons (Fsp3) is 0.933. The maximum absolute atomic E-state index is 12.4. The van der Waals surface area contributed by atoms with Crippen LogP contribution in [0.2, 0.25) is 0 Å². The van der Waals surface area contributed by atoms with Crippen molar-refractivity contribution >= 4 is 5.91 Å². The van der Waals surface area contributed by atoms with Crippen LogP contribution in [-0.2, 0) is 9.53 Å². The first-order valence-electron chi connectivity index (χ1n) is 7.94. The number of hydrogen-bond acceptors (Lipinski definition) is 4. The number of rotatable bonds is 4. The first-order valence-corrected chi connectivity index (χ1v) is 7.94. The van der Waals surface area contributed by atoms with Crippen LogP contribution in [0.5, 0.6) is 0 Å². The summed E-state index contributed by atoms with van der Waals surface area (Å²) in [6, 6.07) is 0. The van der Waals surface area contributed by atoms with Crippen LogP contribution < -0.4 is 5.73 Å². The van der Waals surface area contributed by atoms with Crippen molar-refractivity contribution in [2.75, 3.05) is 39.3 Å². The van der Waals surface area contributed by atoms with Gasteiger partial charge in [-0.15, -0.1) is 0 Å². The molecule has 116 valence electrons. The Morgan fingerprint density at radius 1 is 1.25 bits per heavy atom. The number of amides is 1. The summed E-state index contributed by atoms with van der Waals surface area (Å²) in [5.41, 5.74) is 5.65. The number of ether oxygens (including phenoxy) is 1. The molecule has 0 aliphatic carbocycles. The van der Waals surface area contributed by atoms with E-state index in [1.165, 1.54) is 12.8 Å². The Bertz CT molecular complexity index is 312. The van der Waals surface area contributed by atoms with Gasteiger partial charge >= 0.3 is 0 Å². The summed E-state index contributed by atoms with van der Waals surface area (Å²) in [7, 11) is 0. The zero-order valence-electron chi connectivity index (χ0n) is 12.9. The third kappa shape index (κ3) is 4.43. The molecule has 0 radical (unpaired) electrons. The van der Waals surface area contributed by atoms with Crippen molar-refractivity contribution in [3.8, 4) is 0 Å². The van der Waals surface area contributed by atoms with E-state index in [4.69, 9.17) is 10.5 Å². The van der Waals surface area contributed by atoms with Crippen LogP contribution in [0.3, 0.4) is 0 Å².